The van der Waals surface area contributed by atoms with Crippen LogP contribution in [-0.4, -0.2) is 35.1 Å². The summed E-state index contributed by atoms with van der Waals surface area (Å²) in [6.45, 7) is 1.77. The Balaban J connectivity index is 2.53. The first-order valence-corrected chi connectivity index (χ1v) is 6.80. The number of carbonyl (C=O) groups is 2. The minimum Gasteiger partial charge on any atom is -0.462 e. The summed E-state index contributed by atoms with van der Waals surface area (Å²) < 4.78 is 6.07. The van der Waals surface area contributed by atoms with Crippen molar-refractivity contribution in [2.75, 3.05) is 13.7 Å². The van der Waals surface area contributed by atoms with Gasteiger partial charge in [0.25, 0.3) is 5.56 Å². The van der Waals surface area contributed by atoms with E-state index in [1.54, 1.807) is 12.3 Å². The highest BCUT2D eigenvalue weighted by atomic mass is 32.1. The minimum atomic E-state index is -0.560. The second kappa shape index (κ2) is 5.83. The predicted octanol–water partition coefficient (Wildman–Crippen LogP) is 0.381. The van der Waals surface area contributed by atoms with Gasteiger partial charge in [-0.1, -0.05) is 0 Å². The Labute approximate surface area is 118 Å². The largest absolute Gasteiger partial charge is 0.462 e. The van der Waals surface area contributed by atoms with E-state index in [-0.39, 0.29) is 30.0 Å². The van der Waals surface area contributed by atoms with E-state index < -0.39 is 11.5 Å². The van der Waals surface area contributed by atoms with Gasteiger partial charge in [-0.15, -0.1) is 11.3 Å². The molecule has 1 amide bonds. The molecule has 0 aliphatic heterocycles. The third-order valence-electron chi connectivity index (χ3n) is 2.65. The first-order valence-electron chi connectivity index (χ1n) is 5.92. The van der Waals surface area contributed by atoms with Crippen molar-refractivity contribution in [3.8, 4) is 0 Å². The molecule has 0 radical (unpaired) electrons. The topological polar surface area (TPSA) is 90.3 Å². The van der Waals surface area contributed by atoms with E-state index in [0.29, 0.717) is 4.83 Å². The fourth-order valence-electron chi connectivity index (χ4n) is 1.67. The molecule has 0 saturated carbocycles. The van der Waals surface area contributed by atoms with Crippen LogP contribution in [0, 0.1) is 0 Å². The highest BCUT2D eigenvalue weighted by Crippen LogP contribution is 2.21. The summed E-state index contributed by atoms with van der Waals surface area (Å²) in [5, 5.41) is 4.16. The molecule has 2 rings (SSSR count). The number of carbonyl (C=O) groups excluding carboxylic acids is 2. The second-order valence-electron chi connectivity index (χ2n) is 3.90. The lowest BCUT2D eigenvalue weighted by Crippen LogP contribution is -2.30. The highest BCUT2D eigenvalue weighted by molar-refractivity contribution is 7.17. The van der Waals surface area contributed by atoms with Gasteiger partial charge in [-0.2, -0.15) is 0 Å². The van der Waals surface area contributed by atoms with E-state index in [1.807, 2.05) is 0 Å². The number of hydrogen-bond donors (Lipinski definition) is 1. The molecule has 106 valence electrons. The van der Waals surface area contributed by atoms with Crippen LogP contribution >= 0.6 is 11.3 Å². The quantitative estimate of drug-likeness (QED) is 0.824. The first-order chi connectivity index (χ1) is 9.58. The number of nitrogens with one attached hydrogen (secondary N) is 1. The van der Waals surface area contributed by atoms with Crippen molar-refractivity contribution >= 4 is 33.4 Å². The van der Waals surface area contributed by atoms with Gasteiger partial charge in [0.05, 0.1) is 23.9 Å². The molecule has 20 heavy (non-hydrogen) atoms. The zero-order valence-corrected chi connectivity index (χ0v) is 11.8. The van der Waals surface area contributed by atoms with Crippen molar-refractivity contribution < 1.29 is 14.3 Å². The van der Waals surface area contributed by atoms with E-state index in [9.17, 15) is 14.4 Å². The van der Waals surface area contributed by atoms with Crippen LogP contribution in [-0.2, 0) is 16.1 Å². The Morgan fingerprint density at radius 1 is 1.50 bits per heavy atom. The molecular weight excluding hydrogens is 282 g/mol. The molecule has 0 unspecified atom stereocenters. The Hall–Kier alpha value is -2.22. The molecule has 2 aromatic rings. The van der Waals surface area contributed by atoms with E-state index in [4.69, 9.17) is 4.74 Å². The molecule has 8 heteroatoms. The molecule has 0 spiro atoms. The maximum Gasteiger partial charge on any atom is 0.339 e. The van der Waals surface area contributed by atoms with Crippen molar-refractivity contribution in [2.45, 2.75) is 13.5 Å². The monoisotopic (exact) mass is 295 g/mol. The van der Waals surface area contributed by atoms with E-state index in [1.165, 1.54) is 24.7 Å². The van der Waals surface area contributed by atoms with Crippen molar-refractivity contribution in [3.63, 3.8) is 0 Å². The third-order valence-corrected chi connectivity index (χ3v) is 3.54. The van der Waals surface area contributed by atoms with Crippen LogP contribution in [0.15, 0.2) is 16.5 Å². The fourth-order valence-corrected chi connectivity index (χ4v) is 2.54. The number of rotatable bonds is 4. The van der Waals surface area contributed by atoms with Crippen LogP contribution in [0.25, 0.3) is 10.2 Å². The number of esters is 1. The SMILES string of the molecule is CCOC(=O)c1csc2ncn(CC(=O)NC)c(=O)c12. The molecule has 2 aromatic heterocycles. The number of nitrogens with zero attached hydrogens (tertiary/aromatic N) is 2. The number of hydrogen-bond acceptors (Lipinski definition) is 6. The number of thiophene rings is 1. The molecule has 7 nitrogen and oxygen atoms in total. The van der Waals surface area contributed by atoms with Crippen molar-refractivity contribution in [3.05, 3.63) is 27.6 Å². The van der Waals surface area contributed by atoms with Gasteiger partial charge in [-0.05, 0) is 6.92 Å². The predicted molar refractivity (Wildman–Crippen MR) is 73.9 cm³/mol. The van der Waals surface area contributed by atoms with Gasteiger partial charge in [-0.3, -0.25) is 14.2 Å². The summed E-state index contributed by atoms with van der Waals surface area (Å²) in [6, 6.07) is 0. The highest BCUT2D eigenvalue weighted by Gasteiger charge is 2.18. The average molecular weight is 295 g/mol. The Morgan fingerprint density at radius 2 is 2.25 bits per heavy atom. The van der Waals surface area contributed by atoms with Crippen LogP contribution in [0.2, 0.25) is 0 Å². The Morgan fingerprint density at radius 3 is 2.90 bits per heavy atom. The molecule has 0 bridgehead atoms. The molecule has 0 aliphatic carbocycles. The molecule has 0 aliphatic rings. The van der Waals surface area contributed by atoms with Crippen molar-refractivity contribution in [1.29, 1.82) is 0 Å². The summed E-state index contributed by atoms with van der Waals surface area (Å²) in [5.41, 5.74) is -0.237. The van der Waals surface area contributed by atoms with Gasteiger partial charge in [-0.25, -0.2) is 9.78 Å². The van der Waals surface area contributed by atoms with Gasteiger partial charge in [0.2, 0.25) is 5.91 Å². The normalized spacial score (nSPS) is 10.5. The molecular formula is C12H13N3O4S. The van der Waals surface area contributed by atoms with Gasteiger partial charge in [0.15, 0.2) is 0 Å². The van der Waals surface area contributed by atoms with E-state index >= 15 is 0 Å². The van der Waals surface area contributed by atoms with Gasteiger partial charge in [0, 0.05) is 12.4 Å². The van der Waals surface area contributed by atoms with E-state index in [0.717, 1.165) is 4.57 Å². The molecule has 0 aromatic carbocycles. The van der Waals surface area contributed by atoms with Crippen LogP contribution < -0.4 is 10.9 Å². The summed E-state index contributed by atoms with van der Waals surface area (Å²) in [4.78, 5) is 40.0. The molecule has 0 saturated heterocycles. The number of aromatic nitrogens is 2. The minimum absolute atomic E-state index is 0.142. The maximum atomic E-state index is 12.3. The number of likely N-dealkylation sites (N-methyl/N-ethyl adjacent to an activating group) is 1. The van der Waals surface area contributed by atoms with E-state index in [2.05, 4.69) is 10.3 Å². The number of amides is 1. The molecule has 0 atom stereocenters. The Bertz CT molecular complexity index is 719. The zero-order valence-electron chi connectivity index (χ0n) is 11.0. The zero-order chi connectivity index (χ0) is 14.7. The number of fused-ring (bicyclic) bond motifs is 1. The fraction of sp³-hybridized carbons (Fsp3) is 0.333. The standard InChI is InChI=1S/C12H13N3O4S/c1-3-19-12(18)7-5-20-10-9(7)11(17)15(6-14-10)4-8(16)13-2/h5-6H,3-4H2,1-2H3,(H,13,16). The lowest BCUT2D eigenvalue weighted by molar-refractivity contribution is -0.121. The number of ether oxygens (including phenoxy) is 1. The maximum absolute atomic E-state index is 12.3. The summed E-state index contributed by atoms with van der Waals surface area (Å²) in [5.74, 6) is -0.878. The first kappa shape index (κ1) is 14.2. The molecule has 1 N–H and O–H groups in total. The molecule has 0 fully saturated rings. The van der Waals surface area contributed by atoms with Crippen LogP contribution in [0.3, 0.4) is 0 Å². The van der Waals surface area contributed by atoms with Gasteiger partial charge >= 0.3 is 5.97 Å². The Kier molecular flexibility index (Phi) is 4.14. The summed E-state index contributed by atoms with van der Waals surface area (Å²) >= 11 is 1.19. The van der Waals surface area contributed by atoms with Crippen LogP contribution in [0.5, 0.6) is 0 Å². The van der Waals surface area contributed by atoms with Gasteiger partial charge in [0.1, 0.15) is 11.4 Å². The lowest BCUT2D eigenvalue weighted by Gasteiger charge is -2.04. The summed E-state index contributed by atoms with van der Waals surface area (Å²) in [7, 11) is 1.48. The van der Waals surface area contributed by atoms with Crippen molar-refractivity contribution in [2.24, 2.45) is 0 Å². The van der Waals surface area contributed by atoms with Crippen molar-refractivity contribution in [1.82, 2.24) is 14.9 Å². The average Bonchev–Trinajstić information content (AvgIpc) is 2.86. The third kappa shape index (κ3) is 2.55. The second-order valence-corrected chi connectivity index (χ2v) is 4.76. The van der Waals surface area contributed by atoms with Crippen LogP contribution in [0.4, 0.5) is 0 Å². The van der Waals surface area contributed by atoms with Crippen LogP contribution in [0.1, 0.15) is 17.3 Å². The summed E-state index contributed by atoms with van der Waals surface area (Å²) in [6.07, 6.45) is 1.30. The van der Waals surface area contributed by atoms with Gasteiger partial charge < -0.3 is 10.1 Å². The smallest absolute Gasteiger partial charge is 0.339 e. The lowest BCUT2D eigenvalue weighted by atomic mass is 10.2. The molecule has 2 heterocycles.